The van der Waals surface area contributed by atoms with Crippen molar-refractivity contribution < 1.29 is 23.7 Å². The number of anilines is 1. The standard InChI is InChI=1S/C19H16N4O6S2/c1-3-28-17(25)15-10(2)20-19(31-15)22-18(30)21-16(24)14-8-7-13(29-14)11-5-4-6-12(9-11)23(26)27/h4-9H,3H2,1-2H3,(H2,20,21,22,24,30). The third kappa shape index (κ3) is 5.29. The van der Waals surface area contributed by atoms with Crippen molar-refractivity contribution in [1.82, 2.24) is 10.3 Å². The first-order valence-electron chi connectivity index (χ1n) is 8.90. The Morgan fingerprint density at radius 1 is 1.32 bits per heavy atom. The lowest BCUT2D eigenvalue weighted by Crippen LogP contribution is -2.33. The summed E-state index contributed by atoms with van der Waals surface area (Å²) in [6.07, 6.45) is 0. The predicted molar refractivity (Wildman–Crippen MR) is 117 cm³/mol. The Morgan fingerprint density at radius 3 is 2.81 bits per heavy atom. The van der Waals surface area contributed by atoms with E-state index in [1.165, 1.54) is 30.3 Å². The summed E-state index contributed by atoms with van der Waals surface area (Å²) >= 11 is 6.17. The molecule has 0 fully saturated rings. The number of thiocarbonyl (C=S) groups is 1. The molecular formula is C19H16N4O6S2. The number of ether oxygens (including phenoxy) is 1. The van der Waals surface area contributed by atoms with Crippen LogP contribution in [0.5, 0.6) is 0 Å². The fraction of sp³-hybridized carbons (Fsp3) is 0.158. The molecule has 12 heteroatoms. The van der Waals surface area contributed by atoms with Crippen LogP contribution in [0, 0.1) is 17.0 Å². The topological polar surface area (TPSA) is 137 Å². The van der Waals surface area contributed by atoms with Gasteiger partial charge in [-0.25, -0.2) is 9.78 Å². The summed E-state index contributed by atoms with van der Waals surface area (Å²) in [5, 5.41) is 16.4. The number of aromatic nitrogens is 1. The Morgan fingerprint density at radius 2 is 2.10 bits per heavy atom. The monoisotopic (exact) mass is 460 g/mol. The molecule has 3 rings (SSSR count). The number of nitro groups is 1. The number of thiazole rings is 1. The van der Waals surface area contributed by atoms with E-state index in [2.05, 4.69) is 15.6 Å². The van der Waals surface area contributed by atoms with Gasteiger partial charge in [-0.15, -0.1) is 0 Å². The number of hydrogen-bond donors (Lipinski definition) is 2. The summed E-state index contributed by atoms with van der Waals surface area (Å²) in [5.74, 6) is -0.839. The first-order chi connectivity index (χ1) is 14.8. The maximum Gasteiger partial charge on any atom is 0.350 e. The fourth-order valence-corrected chi connectivity index (χ4v) is 3.64. The van der Waals surface area contributed by atoms with Gasteiger partial charge in [-0.3, -0.25) is 20.2 Å². The molecule has 0 unspecified atom stereocenters. The molecule has 0 saturated heterocycles. The molecule has 0 aliphatic carbocycles. The molecule has 2 aromatic heterocycles. The van der Waals surface area contributed by atoms with Crippen LogP contribution in [0.1, 0.15) is 32.8 Å². The lowest BCUT2D eigenvalue weighted by molar-refractivity contribution is -0.384. The number of nitrogens with zero attached hydrogens (tertiary/aromatic N) is 2. The molecule has 0 aliphatic heterocycles. The summed E-state index contributed by atoms with van der Waals surface area (Å²) in [5.41, 5.74) is 0.845. The van der Waals surface area contributed by atoms with Crippen LogP contribution < -0.4 is 10.6 Å². The highest BCUT2D eigenvalue weighted by molar-refractivity contribution is 7.80. The van der Waals surface area contributed by atoms with E-state index in [9.17, 15) is 19.7 Å². The van der Waals surface area contributed by atoms with Gasteiger partial charge in [0.15, 0.2) is 16.0 Å². The second-order valence-corrected chi connectivity index (χ2v) is 7.44. The number of furan rings is 1. The number of nitro benzene ring substituents is 1. The van der Waals surface area contributed by atoms with Gasteiger partial charge in [0, 0.05) is 17.7 Å². The average molecular weight is 460 g/mol. The normalized spacial score (nSPS) is 10.4. The zero-order valence-electron chi connectivity index (χ0n) is 16.3. The fourth-order valence-electron chi connectivity index (χ4n) is 2.52. The molecule has 10 nitrogen and oxygen atoms in total. The van der Waals surface area contributed by atoms with Crippen LogP contribution in [-0.2, 0) is 4.74 Å². The Bertz CT molecular complexity index is 1170. The van der Waals surface area contributed by atoms with Crippen LogP contribution in [0.4, 0.5) is 10.8 Å². The Balaban J connectivity index is 1.65. The van der Waals surface area contributed by atoms with Crippen molar-refractivity contribution in [2.45, 2.75) is 13.8 Å². The molecule has 31 heavy (non-hydrogen) atoms. The Hall–Kier alpha value is -3.64. The van der Waals surface area contributed by atoms with E-state index in [0.717, 1.165) is 11.3 Å². The molecular weight excluding hydrogens is 444 g/mol. The van der Waals surface area contributed by atoms with Gasteiger partial charge in [-0.2, -0.15) is 0 Å². The first-order valence-corrected chi connectivity index (χ1v) is 10.1. The summed E-state index contributed by atoms with van der Waals surface area (Å²) in [7, 11) is 0. The van der Waals surface area contributed by atoms with Gasteiger partial charge in [0.05, 0.1) is 17.2 Å². The predicted octanol–water partition coefficient (Wildman–Crippen LogP) is 3.92. The summed E-state index contributed by atoms with van der Waals surface area (Å²) in [6.45, 7) is 3.61. The molecule has 0 bridgehead atoms. The van der Waals surface area contributed by atoms with Crippen LogP contribution in [0.2, 0.25) is 0 Å². The van der Waals surface area contributed by atoms with Gasteiger partial charge >= 0.3 is 5.97 Å². The number of aryl methyl sites for hydroxylation is 1. The van der Waals surface area contributed by atoms with Crippen molar-refractivity contribution in [2.24, 2.45) is 0 Å². The van der Waals surface area contributed by atoms with Crippen LogP contribution in [0.15, 0.2) is 40.8 Å². The number of carbonyl (C=O) groups excluding carboxylic acids is 2. The largest absolute Gasteiger partial charge is 0.462 e. The maximum absolute atomic E-state index is 12.4. The lowest BCUT2D eigenvalue weighted by Gasteiger charge is -2.05. The van der Waals surface area contributed by atoms with E-state index >= 15 is 0 Å². The van der Waals surface area contributed by atoms with Gasteiger partial charge in [-0.05, 0) is 38.2 Å². The molecule has 2 heterocycles. The van der Waals surface area contributed by atoms with E-state index in [1.807, 2.05) is 0 Å². The average Bonchev–Trinajstić information content (AvgIpc) is 3.35. The van der Waals surface area contributed by atoms with E-state index in [1.54, 1.807) is 19.9 Å². The number of rotatable bonds is 6. The van der Waals surface area contributed by atoms with Gasteiger partial charge in [0.1, 0.15) is 10.6 Å². The van der Waals surface area contributed by atoms with E-state index in [4.69, 9.17) is 21.4 Å². The third-order valence-corrected chi connectivity index (χ3v) is 5.13. The zero-order valence-corrected chi connectivity index (χ0v) is 18.0. The molecule has 2 N–H and O–H groups in total. The van der Waals surface area contributed by atoms with Crippen LogP contribution in [0.25, 0.3) is 11.3 Å². The maximum atomic E-state index is 12.4. The van der Waals surface area contributed by atoms with Crippen molar-refractivity contribution >= 4 is 51.4 Å². The molecule has 1 aromatic carbocycles. The second-order valence-electron chi connectivity index (χ2n) is 6.03. The number of amides is 1. The van der Waals surface area contributed by atoms with Gasteiger partial charge in [0.2, 0.25) is 0 Å². The molecule has 0 saturated carbocycles. The highest BCUT2D eigenvalue weighted by Crippen LogP contribution is 2.26. The molecule has 3 aromatic rings. The number of hydrogen-bond acceptors (Lipinski definition) is 9. The number of non-ortho nitro benzene ring substituents is 1. The SMILES string of the molecule is CCOC(=O)c1sc(NC(=S)NC(=O)c2ccc(-c3cccc([N+](=O)[O-])c3)o2)nc1C. The number of esters is 1. The van der Waals surface area contributed by atoms with Crippen molar-refractivity contribution in [3.8, 4) is 11.3 Å². The summed E-state index contributed by atoms with van der Waals surface area (Å²) < 4.78 is 10.5. The van der Waals surface area contributed by atoms with Crippen molar-refractivity contribution in [3.63, 3.8) is 0 Å². The third-order valence-electron chi connectivity index (χ3n) is 3.88. The van der Waals surface area contributed by atoms with Crippen LogP contribution in [-0.4, -0.2) is 33.5 Å². The smallest absolute Gasteiger partial charge is 0.350 e. The van der Waals surface area contributed by atoms with Crippen molar-refractivity contribution in [3.05, 3.63) is 62.8 Å². The highest BCUT2D eigenvalue weighted by Gasteiger charge is 2.19. The minimum Gasteiger partial charge on any atom is -0.462 e. The molecule has 0 aliphatic rings. The highest BCUT2D eigenvalue weighted by atomic mass is 32.1. The minimum absolute atomic E-state index is 0.0341. The van der Waals surface area contributed by atoms with Crippen molar-refractivity contribution in [2.75, 3.05) is 11.9 Å². The molecule has 160 valence electrons. The summed E-state index contributed by atoms with van der Waals surface area (Å²) in [4.78, 5) is 39.2. The Labute approximate surface area is 185 Å². The zero-order chi connectivity index (χ0) is 22.5. The van der Waals surface area contributed by atoms with E-state index in [0.29, 0.717) is 27.0 Å². The number of benzene rings is 1. The Kier molecular flexibility index (Phi) is 6.72. The van der Waals surface area contributed by atoms with Gasteiger partial charge in [-0.1, -0.05) is 23.5 Å². The lowest BCUT2D eigenvalue weighted by atomic mass is 10.1. The molecule has 1 amide bonds. The van der Waals surface area contributed by atoms with Gasteiger partial charge in [0.25, 0.3) is 11.6 Å². The minimum atomic E-state index is -0.618. The van der Waals surface area contributed by atoms with Crippen molar-refractivity contribution in [1.29, 1.82) is 0 Å². The van der Waals surface area contributed by atoms with Crippen LogP contribution >= 0.6 is 23.6 Å². The quantitative estimate of drug-likeness (QED) is 0.243. The second kappa shape index (κ2) is 9.45. The summed E-state index contributed by atoms with van der Waals surface area (Å²) in [6, 6.07) is 8.82. The van der Waals surface area contributed by atoms with E-state index < -0.39 is 16.8 Å². The van der Waals surface area contributed by atoms with Crippen LogP contribution in [0.3, 0.4) is 0 Å². The molecule has 0 spiro atoms. The van der Waals surface area contributed by atoms with Gasteiger partial charge < -0.3 is 14.5 Å². The molecule has 0 atom stereocenters. The number of carbonyl (C=O) groups is 2. The van der Waals surface area contributed by atoms with E-state index in [-0.39, 0.29) is 23.2 Å². The molecule has 0 radical (unpaired) electrons. The first kappa shape index (κ1) is 22.1. The number of nitrogens with one attached hydrogen (secondary N) is 2.